The third kappa shape index (κ3) is 3.47. The summed E-state index contributed by atoms with van der Waals surface area (Å²) in [5.74, 6) is -0.695. The topological polar surface area (TPSA) is 58.6 Å². The van der Waals surface area contributed by atoms with E-state index in [1.807, 2.05) is 20.8 Å². The Hall–Kier alpha value is -0.610. The van der Waals surface area contributed by atoms with Crippen molar-refractivity contribution in [2.45, 2.75) is 45.3 Å². The summed E-state index contributed by atoms with van der Waals surface area (Å²) in [7, 11) is 0. The van der Waals surface area contributed by atoms with Crippen molar-refractivity contribution >= 4 is 5.97 Å². The van der Waals surface area contributed by atoms with E-state index in [1.165, 1.54) is 0 Å². The van der Waals surface area contributed by atoms with E-state index in [0.717, 1.165) is 19.4 Å². The summed E-state index contributed by atoms with van der Waals surface area (Å²) in [5.41, 5.74) is -0.178. The molecule has 1 aliphatic rings. The molecule has 0 aromatic rings. The van der Waals surface area contributed by atoms with Crippen LogP contribution < -0.4 is 5.32 Å². The smallest absolute Gasteiger partial charge is 0.320 e. The highest BCUT2D eigenvalue weighted by molar-refractivity contribution is 5.73. The van der Waals surface area contributed by atoms with Gasteiger partial charge in [-0.3, -0.25) is 4.79 Å². The number of nitrogens with one attached hydrogen (secondary N) is 1. The van der Waals surface area contributed by atoms with Crippen LogP contribution in [0.4, 0.5) is 0 Å². The Balaban J connectivity index is 2.42. The standard InChI is InChI=1S/C11H21NO3/c1-8(2)9(10(13)14)12-7-11(3)5-4-6-15-11/h8-9,12H,4-7H2,1-3H3,(H,13,14). The molecule has 0 saturated carbocycles. The molecule has 1 heterocycles. The van der Waals surface area contributed by atoms with Crippen molar-refractivity contribution in [1.29, 1.82) is 0 Å². The van der Waals surface area contributed by atoms with Gasteiger partial charge in [-0.05, 0) is 25.7 Å². The minimum atomic E-state index is -0.786. The Bertz CT molecular complexity index is 222. The molecular formula is C11H21NO3. The van der Waals surface area contributed by atoms with Crippen LogP contribution >= 0.6 is 0 Å². The molecule has 88 valence electrons. The molecule has 4 nitrogen and oxygen atoms in total. The molecule has 0 aliphatic carbocycles. The van der Waals surface area contributed by atoms with Crippen molar-refractivity contribution in [2.75, 3.05) is 13.2 Å². The van der Waals surface area contributed by atoms with Gasteiger partial charge >= 0.3 is 5.97 Å². The van der Waals surface area contributed by atoms with Gasteiger partial charge in [0.25, 0.3) is 0 Å². The van der Waals surface area contributed by atoms with Gasteiger partial charge in [-0.15, -0.1) is 0 Å². The highest BCUT2D eigenvalue weighted by Gasteiger charge is 2.32. The zero-order valence-electron chi connectivity index (χ0n) is 9.75. The van der Waals surface area contributed by atoms with Crippen LogP contribution in [0.15, 0.2) is 0 Å². The summed E-state index contributed by atoms with van der Waals surface area (Å²) in [5, 5.41) is 12.1. The number of carboxylic acid groups (broad SMARTS) is 1. The molecule has 1 rings (SSSR count). The fourth-order valence-electron chi connectivity index (χ4n) is 1.91. The van der Waals surface area contributed by atoms with E-state index >= 15 is 0 Å². The van der Waals surface area contributed by atoms with Crippen molar-refractivity contribution in [1.82, 2.24) is 5.32 Å². The van der Waals surface area contributed by atoms with Gasteiger partial charge in [0, 0.05) is 13.2 Å². The van der Waals surface area contributed by atoms with Gasteiger partial charge in [-0.25, -0.2) is 0 Å². The molecule has 0 bridgehead atoms. The predicted molar refractivity (Wildman–Crippen MR) is 57.9 cm³/mol. The highest BCUT2D eigenvalue weighted by atomic mass is 16.5. The minimum absolute atomic E-state index is 0.0903. The van der Waals surface area contributed by atoms with E-state index < -0.39 is 12.0 Å². The van der Waals surface area contributed by atoms with Crippen molar-refractivity contribution < 1.29 is 14.6 Å². The second-order valence-corrected chi connectivity index (χ2v) is 4.84. The second-order valence-electron chi connectivity index (χ2n) is 4.84. The van der Waals surface area contributed by atoms with Crippen LogP contribution in [0.25, 0.3) is 0 Å². The monoisotopic (exact) mass is 215 g/mol. The summed E-state index contributed by atoms with van der Waals surface area (Å²) >= 11 is 0. The third-order valence-corrected chi connectivity index (χ3v) is 2.93. The summed E-state index contributed by atoms with van der Waals surface area (Å²) in [6.07, 6.45) is 2.07. The van der Waals surface area contributed by atoms with Gasteiger partial charge in [0.05, 0.1) is 5.60 Å². The van der Waals surface area contributed by atoms with Crippen LogP contribution in [0, 0.1) is 5.92 Å². The van der Waals surface area contributed by atoms with Gasteiger partial charge in [0.15, 0.2) is 0 Å². The van der Waals surface area contributed by atoms with Crippen molar-refractivity contribution in [3.63, 3.8) is 0 Å². The quantitative estimate of drug-likeness (QED) is 0.724. The molecule has 0 aromatic heterocycles. The van der Waals surface area contributed by atoms with Crippen LogP contribution in [0.5, 0.6) is 0 Å². The predicted octanol–water partition coefficient (Wildman–Crippen LogP) is 1.25. The fraction of sp³-hybridized carbons (Fsp3) is 0.909. The normalized spacial score (nSPS) is 28.3. The lowest BCUT2D eigenvalue weighted by Gasteiger charge is -2.27. The van der Waals surface area contributed by atoms with Crippen LogP contribution in [0.1, 0.15) is 33.6 Å². The maximum Gasteiger partial charge on any atom is 0.320 e. The van der Waals surface area contributed by atoms with Crippen LogP contribution in [-0.4, -0.2) is 35.9 Å². The number of hydrogen-bond acceptors (Lipinski definition) is 3. The summed E-state index contributed by atoms with van der Waals surface area (Å²) in [4.78, 5) is 10.9. The Labute approximate surface area is 91.0 Å². The van der Waals surface area contributed by atoms with Crippen LogP contribution in [0.2, 0.25) is 0 Å². The first kappa shape index (κ1) is 12.5. The molecule has 0 spiro atoms. The van der Waals surface area contributed by atoms with Gasteiger partial charge in [0.1, 0.15) is 6.04 Å². The maximum atomic E-state index is 10.9. The Morgan fingerprint density at radius 2 is 2.27 bits per heavy atom. The molecule has 4 heteroatoms. The van der Waals surface area contributed by atoms with Gasteiger partial charge < -0.3 is 15.2 Å². The molecule has 2 N–H and O–H groups in total. The lowest BCUT2D eigenvalue weighted by Crippen LogP contribution is -2.47. The van der Waals surface area contributed by atoms with Gasteiger partial charge in [0.2, 0.25) is 0 Å². The molecule has 0 amide bonds. The first-order valence-electron chi connectivity index (χ1n) is 5.55. The number of carbonyl (C=O) groups is 1. The van der Waals surface area contributed by atoms with Crippen molar-refractivity contribution in [3.8, 4) is 0 Å². The molecule has 15 heavy (non-hydrogen) atoms. The lowest BCUT2D eigenvalue weighted by atomic mass is 10.00. The first-order valence-corrected chi connectivity index (χ1v) is 5.55. The Morgan fingerprint density at radius 1 is 1.60 bits per heavy atom. The fourth-order valence-corrected chi connectivity index (χ4v) is 1.91. The van der Waals surface area contributed by atoms with E-state index in [-0.39, 0.29) is 11.5 Å². The Morgan fingerprint density at radius 3 is 2.67 bits per heavy atom. The number of carboxylic acids is 1. The average Bonchev–Trinajstić information content (AvgIpc) is 2.51. The van der Waals surface area contributed by atoms with Crippen molar-refractivity contribution in [2.24, 2.45) is 5.92 Å². The van der Waals surface area contributed by atoms with Gasteiger partial charge in [-0.2, -0.15) is 0 Å². The minimum Gasteiger partial charge on any atom is -0.480 e. The molecule has 2 unspecified atom stereocenters. The number of aliphatic carboxylic acids is 1. The van der Waals surface area contributed by atoms with E-state index in [2.05, 4.69) is 5.32 Å². The van der Waals surface area contributed by atoms with E-state index in [9.17, 15) is 4.79 Å². The Kier molecular flexibility index (Phi) is 4.11. The van der Waals surface area contributed by atoms with Crippen LogP contribution in [-0.2, 0) is 9.53 Å². The average molecular weight is 215 g/mol. The second kappa shape index (κ2) is 4.94. The summed E-state index contributed by atoms with van der Waals surface area (Å²) < 4.78 is 5.59. The molecule has 0 radical (unpaired) electrons. The number of rotatable bonds is 5. The summed E-state index contributed by atoms with van der Waals surface area (Å²) in [6.45, 7) is 7.25. The third-order valence-electron chi connectivity index (χ3n) is 2.93. The first-order chi connectivity index (χ1) is 6.94. The molecule has 2 atom stereocenters. The summed E-state index contributed by atoms with van der Waals surface area (Å²) in [6, 6.07) is -0.481. The van der Waals surface area contributed by atoms with E-state index in [1.54, 1.807) is 0 Å². The molecule has 0 aromatic carbocycles. The van der Waals surface area contributed by atoms with E-state index in [4.69, 9.17) is 9.84 Å². The zero-order valence-corrected chi connectivity index (χ0v) is 9.75. The largest absolute Gasteiger partial charge is 0.480 e. The molecule has 1 saturated heterocycles. The SMILES string of the molecule is CC(C)C(NCC1(C)CCCO1)C(=O)O. The molecule has 1 fully saturated rings. The lowest BCUT2D eigenvalue weighted by molar-refractivity contribution is -0.141. The number of ether oxygens (including phenoxy) is 1. The van der Waals surface area contributed by atoms with E-state index in [0.29, 0.717) is 6.54 Å². The maximum absolute atomic E-state index is 10.9. The highest BCUT2D eigenvalue weighted by Crippen LogP contribution is 2.24. The molecular weight excluding hydrogens is 194 g/mol. The zero-order chi connectivity index (χ0) is 11.5. The molecule has 1 aliphatic heterocycles. The van der Waals surface area contributed by atoms with Gasteiger partial charge in [-0.1, -0.05) is 13.8 Å². The van der Waals surface area contributed by atoms with Crippen LogP contribution in [0.3, 0.4) is 0 Å². The van der Waals surface area contributed by atoms with Crippen molar-refractivity contribution in [3.05, 3.63) is 0 Å². The number of hydrogen-bond donors (Lipinski definition) is 2.